The van der Waals surface area contributed by atoms with Gasteiger partial charge in [0, 0.05) is 25.0 Å². The molecule has 6 heteroatoms. The van der Waals surface area contributed by atoms with E-state index in [2.05, 4.69) is 15.4 Å². The lowest BCUT2D eigenvalue weighted by Crippen LogP contribution is -2.26. The lowest BCUT2D eigenvalue weighted by atomic mass is 10.1. The molecule has 0 aromatic carbocycles. The minimum Gasteiger partial charge on any atom is -0.345 e. The molecule has 94 valence electrons. The van der Waals surface area contributed by atoms with E-state index < -0.39 is 0 Å². The van der Waals surface area contributed by atoms with Crippen molar-refractivity contribution in [2.24, 2.45) is 7.05 Å². The van der Waals surface area contributed by atoms with Gasteiger partial charge in [-0.2, -0.15) is 5.10 Å². The lowest BCUT2D eigenvalue weighted by molar-refractivity contribution is 0.0939. The maximum absolute atomic E-state index is 12.0. The first-order valence-corrected chi connectivity index (χ1v) is 5.85. The number of halogens is 1. The van der Waals surface area contributed by atoms with Gasteiger partial charge in [0.1, 0.15) is 5.15 Å². The number of nitrogens with zero attached hydrogens (tertiary/aromatic N) is 3. The molecule has 1 unspecified atom stereocenters. The second-order valence-corrected chi connectivity index (χ2v) is 4.34. The van der Waals surface area contributed by atoms with Crippen LogP contribution in [0.3, 0.4) is 0 Å². The number of carbonyl (C=O) groups excluding carboxylic acids is 1. The molecule has 1 atom stereocenters. The third-order valence-electron chi connectivity index (χ3n) is 2.58. The van der Waals surface area contributed by atoms with Crippen molar-refractivity contribution in [2.75, 3.05) is 0 Å². The van der Waals surface area contributed by atoms with Crippen molar-refractivity contribution in [3.63, 3.8) is 0 Å². The number of aromatic nitrogens is 3. The van der Waals surface area contributed by atoms with Gasteiger partial charge in [0.25, 0.3) is 5.91 Å². The van der Waals surface area contributed by atoms with Gasteiger partial charge >= 0.3 is 0 Å². The Morgan fingerprint density at radius 3 is 2.94 bits per heavy atom. The van der Waals surface area contributed by atoms with E-state index in [0.717, 1.165) is 5.56 Å². The fraction of sp³-hybridized carbons (Fsp3) is 0.250. The highest BCUT2D eigenvalue weighted by molar-refractivity contribution is 6.32. The Morgan fingerprint density at radius 2 is 2.33 bits per heavy atom. The van der Waals surface area contributed by atoms with Crippen LogP contribution >= 0.6 is 11.6 Å². The van der Waals surface area contributed by atoms with E-state index in [1.165, 1.54) is 0 Å². The number of rotatable bonds is 3. The van der Waals surface area contributed by atoms with Gasteiger partial charge in [0.2, 0.25) is 0 Å². The molecule has 0 aliphatic carbocycles. The zero-order valence-electron chi connectivity index (χ0n) is 10.1. The standard InChI is InChI=1S/C12H13ClN4O/c1-8(9-6-15-17(2)7-9)16-12(18)10-4-3-5-14-11(10)13/h3-8H,1-2H3,(H,16,18). The molecular weight excluding hydrogens is 252 g/mol. The van der Waals surface area contributed by atoms with Gasteiger partial charge in [-0.05, 0) is 19.1 Å². The third kappa shape index (κ3) is 2.68. The Morgan fingerprint density at radius 1 is 1.56 bits per heavy atom. The Kier molecular flexibility index (Phi) is 3.62. The Bertz CT molecular complexity index is 567. The molecule has 2 heterocycles. The second-order valence-electron chi connectivity index (χ2n) is 3.98. The van der Waals surface area contributed by atoms with Crippen LogP contribution < -0.4 is 5.32 Å². The first kappa shape index (κ1) is 12.6. The molecule has 0 aliphatic rings. The van der Waals surface area contributed by atoms with Gasteiger partial charge < -0.3 is 5.32 Å². The molecule has 0 saturated heterocycles. The molecule has 1 N–H and O–H groups in total. The predicted octanol–water partition coefficient (Wildman–Crippen LogP) is 1.96. The third-order valence-corrected chi connectivity index (χ3v) is 2.88. The summed E-state index contributed by atoms with van der Waals surface area (Å²) in [5.41, 5.74) is 1.31. The van der Waals surface area contributed by atoms with Crippen LogP contribution in [0.4, 0.5) is 0 Å². The topological polar surface area (TPSA) is 59.8 Å². The minimum absolute atomic E-state index is 0.137. The molecule has 0 saturated carbocycles. The molecule has 0 spiro atoms. The molecule has 18 heavy (non-hydrogen) atoms. The number of pyridine rings is 1. The molecule has 2 aromatic heterocycles. The van der Waals surface area contributed by atoms with Crippen LogP contribution in [0.25, 0.3) is 0 Å². The van der Waals surface area contributed by atoms with Gasteiger partial charge in [-0.25, -0.2) is 4.98 Å². The van der Waals surface area contributed by atoms with Gasteiger partial charge in [0.15, 0.2) is 0 Å². The minimum atomic E-state index is -0.246. The predicted molar refractivity (Wildman–Crippen MR) is 68.3 cm³/mol. The van der Waals surface area contributed by atoms with E-state index in [4.69, 9.17) is 11.6 Å². The van der Waals surface area contributed by atoms with Crippen LogP contribution in [-0.2, 0) is 7.05 Å². The average Bonchev–Trinajstić information content (AvgIpc) is 2.76. The van der Waals surface area contributed by atoms with Crippen LogP contribution in [-0.4, -0.2) is 20.7 Å². The van der Waals surface area contributed by atoms with Crippen molar-refractivity contribution in [1.82, 2.24) is 20.1 Å². The lowest BCUT2D eigenvalue weighted by Gasteiger charge is -2.12. The van der Waals surface area contributed by atoms with Gasteiger partial charge in [0.05, 0.1) is 17.8 Å². The average molecular weight is 265 g/mol. The van der Waals surface area contributed by atoms with E-state index >= 15 is 0 Å². The van der Waals surface area contributed by atoms with Gasteiger partial charge in [-0.1, -0.05) is 11.6 Å². The molecule has 0 aliphatic heterocycles. The summed E-state index contributed by atoms with van der Waals surface area (Å²) in [6, 6.07) is 3.18. The van der Waals surface area contributed by atoms with E-state index in [-0.39, 0.29) is 17.1 Å². The van der Waals surface area contributed by atoms with Crippen molar-refractivity contribution in [2.45, 2.75) is 13.0 Å². The van der Waals surface area contributed by atoms with E-state index in [1.54, 1.807) is 29.2 Å². The first-order valence-electron chi connectivity index (χ1n) is 5.48. The Balaban J connectivity index is 2.10. The molecular formula is C12H13ClN4O. The highest BCUT2D eigenvalue weighted by atomic mass is 35.5. The van der Waals surface area contributed by atoms with Crippen LogP contribution in [0.2, 0.25) is 5.15 Å². The largest absolute Gasteiger partial charge is 0.345 e. The quantitative estimate of drug-likeness (QED) is 0.862. The fourth-order valence-electron chi connectivity index (χ4n) is 1.58. The summed E-state index contributed by atoms with van der Waals surface area (Å²) in [6.07, 6.45) is 5.12. The van der Waals surface area contributed by atoms with Crippen LogP contribution in [0.15, 0.2) is 30.7 Å². The maximum Gasteiger partial charge on any atom is 0.254 e. The molecule has 2 rings (SSSR count). The zero-order valence-corrected chi connectivity index (χ0v) is 10.8. The molecule has 1 amide bonds. The molecule has 2 aromatic rings. The van der Waals surface area contributed by atoms with Crippen molar-refractivity contribution in [3.8, 4) is 0 Å². The summed E-state index contributed by atoms with van der Waals surface area (Å²) >= 11 is 5.86. The number of amides is 1. The maximum atomic E-state index is 12.0. The molecule has 0 radical (unpaired) electrons. The highest BCUT2D eigenvalue weighted by Gasteiger charge is 2.15. The monoisotopic (exact) mass is 264 g/mol. The molecule has 0 bridgehead atoms. The number of hydrogen-bond acceptors (Lipinski definition) is 3. The van der Waals surface area contributed by atoms with Crippen molar-refractivity contribution in [3.05, 3.63) is 47.0 Å². The van der Waals surface area contributed by atoms with Gasteiger partial charge in [-0.15, -0.1) is 0 Å². The summed E-state index contributed by atoms with van der Waals surface area (Å²) in [5, 5.41) is 7.11. The number of carbonyl (C=O) groups is 1. The summed E-state index contributed by atoms with van der Waals surface area (Å²) < 4.78 is 1.69. The second kappa shape index (κ2) is 5.18. The van der Waals surface area contributed by atoms with Gasteiger partial charge in [-0.3, -0.25) is 9.48 Å². The van der Waals surface area contributed by atoms with E-state index in [0.29, 0.717) is 5.56 Å². The Hall–Kier alpha value is -1.88. The Labute approximate surface area is 110 Å². The van der Waals surface area contributed by atoms with Crippen LogP contribution in [0, 0.1) is 0 Å². The summed E-state index contributed by atoms with van der Waals surface area (Å²) in [4.78, 5) is 15.9. The summed E-state index contributed by atoms with van der Waals surface area (Å²) in [5.74, 6) is -0.246. The van der Waals surface area contributed by atoms with Crippen molar-refractivity contribution in [1.29, 1.82) is 0 Å². The normalized spacial score (nSPS) is 12.2. The van der Waals surface area contributed by atoms with E-state index in [9.17, 15) is 4.79 Å². The highest BCUT2D eigenvalue weighted by Crippen LogP contribution is 2.15. The molecule has 5 nitrogen and oxygen atoms in total. The van der Waals surface area contributed by atoms with Crippen LogP contribution in [0.5, 0.6) is 0 Å². The SMILES string of the molecule is CC(NC(=O)c1cccnc1Cl)c1cnn(C)c1. The number of aryl methyl sites for hydroxylation is 1. The van der Waals surface area contributed by atoms with Crippen molar-refractivity contribution < 1.29 is 4.79 Å². The summed E-state index contributed by atoms with van der Waals surface area (Å²) in [7, 11) is 1.83. The number of nitrogens with one attached hydrogen (secondary N) is 1. The summed E-state index contributed by atoms with van der Waals surface area (Å²) in [6.45, 7) is 1.89. The molecule has 0 fully saturated rings. The van der Waals surface area contributed by atoms with E-state index in [1.807, 2.05) is 20.2 Å². The smallest absolute Gasteiger partial charge is 0.254 e. The zero-order chi connectivity index (χ0) is 13.1. The van der Waals surface area contributed by atoms with Crippen molar-refractivity contribution >= 4 is 17.5 Å². The fourth-order valence-corrected chi connectivity index (χ4v) is 1.78. The number of hydrogen-bond donors (Lipinski definition) is 1. The first-order chi connectivity index (χ1) is 8.58. The van der Waals surface area contributed by atoms with Crippen LogP contribution in [0.1, 0.15) is 28.9 Å².